The van der Waals surface area contributed by atoms with E-state index in [-0.39, 0.29) is 28.9 Å². The lowest BCUT2D eigenvalue weighted by molar-refractivity contribution is -0.164. The number of nitriles is 1. The number of benzene rings is 2. The van der Waals surface area contributed by atoms with Crippen LogP contribution in [0.25, 0.3) is 0 Å². The third kappa shape index (κ3) is 6.63. The number of carbonyl (C=O) groups is 1. The van der Waals surface area contributed by atoms with Gasteiger partial charge in [0.1, 0.15) is 17.9 Å². The Hall–Kier alpha value is -2.63. The lowest BCUT2D eigenvalue weighted by atomic mass is 9.49. The minimum absolute atomic E-state index is 0.0591. The van der Waals surface area contributed by atoms with E-state index < -0.39 is 0 Å². The first-order chi connectivity index (χ1) is 20.1. The van der Waals surface area contributed by atoms with Gasteiger partial charge in [-0.25, -0.2) is 0 Å². The number of nitrogens with one attached hydrogen (secondary N) is 2. The number of nitrogens with zero attached hydrogens (tertiary/aromatic N) is 2. The van der Waals surface area contributed by atoms with Crippen molar-refractivity contribution in [2.75, 3.05) is 39.3 Å². The molecular weight excluding hydrogens is 548 g/mol. The average Bonchev–Trinajstić information content (AvgIpc) is 2.99. The van der Waals surface area contributed by atoms with Crippen molar-refractivity contribution >= 4 is 17.5 Å². The van der Waals surface area contributed by atoms with E-state index in [9.17, 15) is 4.79 Å². The maximum Gasteiger partial charge on any atom is 0.251 e. The van der Waals surface area contributed by atoms with Crippen LogP contribution in [-0.2, 0) is 4.74 Å². The van der Waals surface area contributed by atoms with Gasteiger partial charge in [-0.1, -0.05) is 51.4 Å². The predicted octanol–water partition coefficient (Wildman–Crippen LogP) is 5.77. The smallest absolute Gasteiger partial charge is 0.251 e. The van der Waals surface area contributed by atoms with Crippen LogP contribution in [0.15, 0.2) is 42.5 Å². The number of amides is 1. The summed E-state index contributed by atoms with van der Waals surface area (Å²) in [6.07, 6.45) is 4.80. The molecular formula is C34H45ClN4O3. The van der Waals surface area contributed by atoms with Crippen molar-refractivity contribution in [2.24, 2.45) is 10.8 Å². The number of rotatable bonds is 9. The van der Waals surface area contributed by atoms with Gasteiger partial charge >= 0.3 is 0 Å². The van der Waals surface area contributed by atoms with Gasteiger partial charge in [-0.05, 0) is 87.6 Å². The van der Waals surface area contributed by atoms with Crippen LogP contribution in [0.3, 0.4) is 0 Å². The van der Waals surface area contributed by atoms with Crippen molar-refractivity contribution in [1.82, 2.24) is 15.5 Å². The summed E-state index contributed by atoms with van der Waals surface area (Å²) in [5, 5.41) is 16.2. The molecule has 0 bridgehead atoms. The van der Waals surface area contributed by atoms with Gasteiger partial charge in [-0.15, -0.1) is 0 Å². The Morgan fingerprint density at radius 1 is 1.05 bits per heavy atom. The molecule has 2 heterocycles. The van der Waals surface area contributed by atoms with Crippen molar-refractivity contribution in [3.05, 3.63) is 64.2 Å². The Morgan fingerprint density at radius 2 is 1.71 bits per heavy atom. The van der Waals surface area contributed by atoms with E-state index in [1.54, 1.807) is 18.2 Å². The standard InChI is InChI=1S/C34H45ClN4O3/c1-33(2)31(34(3,4)32(33)42-28-10-9-26(22-36)29(35)21-28)38-30(40)25-7-5-23(6-8-25)24-13-17-39(18-14-24)19-20-41-27-11-15-37-16-12-27/h5-10,21,24,27,31-32,37H,11-20H2,1-4H3,(H,38,40). The predicted molar refractivity (Wildman–Crippen MR) is 166 cm³/mol. The van der Waals surface area contributed by atoms with Crippen molar-refractivity contribution in [3.63, 3.8) is 0 Å². The summed E-state index contributed by atoms with van der Waals surface area (Å²) >= 11 is 6.22. The van der Waals surface area contributed by atoms with Gasteiger partial charge in [0.05, 0.1) is 23.3 Å². The van der Waals surface area contributed by atoms with Crippen LogP contribution in [-0.4, -0.2) is 68.4 Å². The van der Waals surface area contributed by atoms with Crippen LogP contribution < -0.4 is 15.4 Å². The molecule has 0 atom stereocenters. The third-order valence-corrected chi connectivity index (χ3v) is 10.0. The second-order valence-corrected chi connectivity index (χ2v) is 13.8. The molecule has 2 saturated heterocycles. The van der Waals surface area contributed by atoms with E-state index >= 15 is 0 Å². The lowest BCUT2D eigenvalue weighted by Gasteiger charge is -2.63. The quantitative estimate of drug-likeness (QED) is 0.384. The molecule has 0 unspecified atom stereocenters. The van der Waals surface area contributed by atoms with Gasteiger partial charge in [0.15, 0.2) is 0 Å². The Bertz CT molecular complexity index is 1260. The minimum Gasteiger partial charge on any atom is -0.489 e. The highest BCUT2D eigenvalue weighted by molar-refractivity contribution is 6.31. The molecule has 3 aliphatic rings. The van der Waals surface area contributed by atoms with Crippen molar-refractivity contribution in [3.8, 4) is 11.8 Å². The molecule has 1 amide bonds. The molecule has 0 spiro atoms. The van der Waals surface area contributed by atoms with Gasteiger partial charge in [0.25, 0.3) is 5.91 Å². The zero-order valence-electron chi connectivity index (χ0n) is 25.4. The number of likely N-dealkylation sites (tertiary alicyclic amines) is 1. The summed E-state index contributed by atoms with van der Waals surface area (Å²) < 4.78 is 12.5. The highest BCUT2D eigenvalue weighted by atomic mass is 35.5. The number of halogens is 1. The molecule has 5 rings (SSSR count). The zero-order valence-corrected chi connectivity index (χ0v) is 26.2. The van der Waals surface area contributed by atoms with E-state index in [4.69, 9.17) is 26.3 Å². The number of carbonyl (C=O) groups excluding carboxylic acids is 1. The third-order valence-electron chi connectivity index (χ3n) is 9.71. The molecule has 8 heteroatoms. The van der Waals surface area contributed by atoms with Gasteiger partial charge in [0, 0.05) is 35.0 Å². The lowest BCUT2D eigenvalue weighted by Crippen LogP contribution is -2.74. The number of hydrogen-bond donors (Lipinski definition) is 2. The van der Waals surface area contributed by atoms with E-state index in [0.717, 1.165) is 65.0 Å². The Kier molecular flexibility index (Phi) is 9.49. The zero-order chi connectivity index (χ0) is 29.9. The number of ether oxygens (including phenoxy) is 2. The normalized spacial score (nSPS) is 24.4. The summed E-state index contributed by atoms with van der Waals surface area (Å²) in [6.45, 7) is 14.6. The summed E-state index contributed by atoms with van der Waals surface area (Å²) in [6, 6.07) is 15.3. The first-order valence-corrected chi connectivity index (χ1v) is 15.8. The largest absolute Gasteiger partial charge is 0.489 e. The van der Waals surface area contributed by atoms with Crippen molar-refractivity contribution in [1.29, 1.82) is 5.26 Å². The Balaban J connectivity index is 1.11. The van der Waals surface area contributed by atoms with Crippen LogP contribution in [0, 0.1) is 22.2 Å². The van der Waals surface area contributed by atoms with Crippen LogP contribution in [0.4, 0.5) is 0 Å². The second kappa shape index (κ2) is 12.9. The average molecular weight is 593 g/mol. The van der Waals surface area contributed by atoms with Crippen LogP contribution in [0.5, 0.6) is 5.75 Å². The first kappa shape index (κ1) is 30.8. The molecule has 2 aromatic carbocycles. The second-order valence-electron chi connectivity index (χ2n) is 13.4. The molecule has 42 heavy (non-hydrogen) atoms. The number of piperidine rings is 2. The molecule has 3 fully saturated rings. The summed E-state index contributed by atoms with van der Waals surface area (Å²) in [5.41, 5.74) is 1.82. The van der Waals surface area contributed by atoms with Gasteiger partial charge in [0.2, 0.25) is 0 Å². The van der Waals surface area contributed by atoms with Gasteiger partial charge < -0.3 is 25.0 Å². The van der Waals surface area contributed by atoms with Crippen molar-refractivity contribution < 1.29 is 14.3 Å². The summed E-state index contributed by atoms with van der Waals surface area (Å²) in [4.78, 5) is 15.8. The van der Waals surface area contributed by atoms with Crippen LogP contribution in [0.2, 0.25) is 5.02 Å². The highest BCUT2D eigenvalue weighted by Crippen LogP contribution is 2.55. The topological polar surface area (TPSA) is 86.6 Å². The molecule has 226 valence electrons. The van der Waals surface area contributed by atoms with E-state index in [1.165, 1.54) is 5.56 Å². The first-order valence-electron chi connectivity index (χ1n) is 15.4. The molecule has 2 aromatic rings. The van der Waals surface area contributed by atoms with E-state index in [0.29, 0.717) is 33.9 Å². The highest BCUT2D eigenvalue weighted by Gasteiger charge is 2.64. The number of hydrogen-bond acceptors (Lipinski definition) is 6. The monoisotopic (exact) mass is 592 g/mol. The molecule has 2 N–H and O–H groups in total. The molecule has 1 aliphatic carbocycles. The summed E-state index contributed by atoms with van der Waals surface area (Å²) in [5.74, 6) is 1.10. The minimum atomic E-state index is -0.300. The van der Waals surface area contributed by atoms with Crippen LogP contribution in [0.1, 0.15) is 80.8 Å². The van der Waals surface area contributed by atoms with E-state index in [2.05, 4.69) is 61.4 Å². The Labute approximate surface area is 255 Å². The SMILES string of the molecule is CC1(C)C(NC(=O)c2ccc(C3CCN(CCOC4CCNCC4)CC3)cc2)C(C)(C)C1Oc1ccc(C#N)c(Cl)c1. The molecule has 0 radical (unpaired) electrons. The van der Waals surface area contributed by atoms with E-state index in [1.807, 2.05) is 12.1 Å². The van der Waals surface area contributed by atoms with Gasteiger partial charge in [-0.2, -0.15) is 5.26 Å². The fourth-order valence-electron chi connectivity index (χ4n) is 7.52. The molecule has 7 nitrogen and oxygen atoms in total. The van der Waals surface area contributed by atoms with Gasteiger partial charge in [-0.3, -0.25) is 4.79 Å². The maximum atomic E-state index is 13.3. The fourth-order valence-corrected chi connectivity index (χ4v) is 7.73. The van der Waals surface area contributed by atoms with Crippen molar-refractivity contribution in [2.45, 2.75) is 77.5 Å². The fraction of sp³-hybridized carbons (Fsp3) is 0.588. The Morgan fingerprint density at radius 3 is 2.33 bits per heavy atom. The summed E-state index contributed by atoms with van der Waals surface area (Å²) in [7, 11) is 0. The van der Waals surface area contributed by atoms with Crippen LogP contribution >= 0.6 is 11.6 Å². The maximum absolute atomic E-state index is 13.3. The molecule has 2 aliphatic heterocycles. The molecule has 1 saturated carbocycles. The molecule has 0 aromatic heterocycles.